The summed E-state index contributed by atoms with van der Waals surface area (Å²) >= 11 is 0. The molecule has 0 aromatic rings. The molecule has 1 amide bonds. The molecule has 0 aromatic carbocycles. The lowest BCUT2D eigenvalue weighted by Gasteiger charge is -2.27. The first kappa shape index (κ1) is 9.48. The summed E-state index contributed by atoms with van der Waals surface area (Å²) in [5, 5.41) is 0. The molecule has 0 bridgehead atoms. The van der Waals surface area contributed by atoms with E-state index in [2.05, 4.69) is 10.9 Å². The number of amides is 1. The molecule has 1 aliphatic carbocycles. The van der Waals surface area contributed by atoms with Crippen molar-refractivity contribution in [2.75, 3.05) is 7.05 Å². The zero-order valence-electron chi connectivity index (χ0n) is 7.47. The first-order chi connectivity index (χ1) is 5.74. The average molecular weight is 171 g/mol. The van der Waals surface area contributed by atoms with Crippen LogP contribution in [0, 0.1) is 5.92 Å². The van der Waals surface area contributed by atoms with Gasteiger partial charge in [0, 0.05) is 7.05 Å². The number of hydrazine groups is 1. The van der Waals surface area contributed by atoms with Gasteiger partial charge < -0.3 is 5.73 Å². The van der Waals surface area contributed by atoms with E-state index in [0.717, 1.165) is 6.42 Å². The van der Waals surface area contributed by atoms with Gasteiger partial charge in [0.2, 0.25) is 0 Å². The summed E-state index contributed by atoms with van der Waals surface area (Å²) < 4.78 is 0. The molecule has 0 heterocycles. The Morgan fingerprint density at radius 3 is 2.75 bits per heavy atom. The van der Waals surface area contributed by atoms with E-state index in [1.165, 1.54) is 19.3 Å². The Hall–Kier alpha value is -0.610. The monoisotopic (exact) mass is 171 g/mol. The molecule has 70 valence electrons. The highest BCUT2D eigenvalue weighted by Crippen LogP contribution is 2.29. The van der Waals surface area contributed by atoms with Crippen molar-refractivity contribution in [2.45, 2.75) is 31.7 Å². The Balaban J connectivity index is 2.16. The third-order valence-electron chi connectivity index (χ3n) is 2.40. The van der Waals surface area contributed by atoms with Crippen molar-refractivity contribution in [1.29, 1.82) is 0 Å². The lowest BCUT2D eigenvalue weighted by atomic mass is 9.81. The predicted octanol–water partition coefficient (Wildman–Crippen LogP) is -0.245. The summed E-state index contributed by atoms with van der Waals surface area (Å²) in [6.07, 6.45) is 4.60. The maximum absolute atomic E-state index is 11.1. The molecule has 0 radical (unpaired) electrons. The van der Waals surface area contributed by atoms with Crippen molar-refractivity contribution in [1.82, 2.24) is 10.9 Å². The smallest absolute Gasteiger partial charge is 0.250 e. The molecule has 0 saturated heterocycles. The molecular formula is C8H17N3O. The Morgan fingerprint density at radius 2 is 2.33 bits per heavy atom. The second-order valence-corrected chi connectivity index (χ2v) is 3.38. The van der Waals surface area contributed by atoms with E-state index in [4.69, 9.17) is 5.73 Å². The molecule has 1 atom stereocenters. The maximum atomic E-state index is 11.1. The zero-order chi connectivity index (χ0) is 8.97. The first-order valence-electron chi connectivity index (χ1n) is 4.46. The van der Waals surface area contributed by atoms with Gasteiger partial charge in [-0.25, -0.2) is 5.43 Å². The van der Waals surface area contributed by atoms with Crippen LogP contribution in [0.3, 0.4) is 0 Å². The number of hydrogen-bond donors (Lipinski definition) is 3. The summed E-state index contributed by atoms with van der Waals surface area (Å²) in [5.41, 5.74) is 10.7. The lowest BCUT2D eigenvalue weighted by Crippen LogP contribution is -2.46. The highest BCUT2D eigenvalue weighted by atomic mass is 16.2. The van der Waals surface area contributed by atoms with Gasteiger partial charge in [0.25, 0.3) is 5.91 Å². The molecule has 1 fully saturated rings. The molecule has 1 aliphatic rings. The van der Waals surface area contributed by atoms with Crippen molar-refractivity contribution in [3.8, 4) is 0 Å². The minimum Gasteiger partial charge on any atom is -0.320 e. The topological polar surface area (TPSA) is 67.1 Å². The quantitative estimate of drug-likeness (QED) is 0.511. The van der Waals surface area contributed by atoms with Gasteiger partial charge in [-0.15, -0.1) is 0 Å². The van der Waals surface area contributed by atoms with E-state index in [1.807, 2.05) is 0 Å². The second-order valence-electron chi connectivity index (χ2n) is 3.38. The highest BCUT2D eigenvalue weighted by molar-refractivity contribution is 5.80. The summed E-state index contributed by atoms with van der Waals surface area (Å²) in [4.78, 5) is 11.1. The van der Waals surface area contributed by atoms with E-state index in [1.54, 1.807) is 7.05 Å². The van der Waals surface area contributed by atoms with Crippen molar-refractivity contribution in [3.63, 3.8) is 0 Å². The zero-order valence-corrected chi connectivity index (χ0v) is 7.47. The van der Waals surface area contributed by atoms with E-state index < -0.39 is 0 Å². The average Bonchev–Trinajstić information content (AvgIpc) is 1.97. The van der Waals surface area contributed by atoms with E-state index in [0.29, 0.717) is 5.92 Å². The first-order valence-corrected chi connectivity index (χ1v) is 4.46. The molecule has 4 nitrogen and oxygen atoms in total. The van der Waals surface area contributed by atoms with Crippen LogP contribution in [-0.2, 0) is 4.79 Å². The van der Waals surface area contributed by atoms with Gasteiger partial charge in [-0.1, -0.05) is 19.3 Å². The van der Waals surface area contributed by atoms with Crippen LogP contribution in [0.1, 0.15) is 25.7 Å². The number of carbonyl (C=O) groups excluding carboxylic acids is 1. The van der Waals surface area contributed by atoms with Crippen LogP contribution < -0.4 is 16.6 Å². The van der Waals surface area contributed by atoms with Gasteiger partial charge in [-0.3, -0.25) is 10.2 Å². The highest BCUT2D eigenvalue weighted by Gasteiger charge is 2.23. The van der Waals surface area contributed by atoms with Gasteiger partial charge in [0.05, 0.1) is 6.04 Å². The number of nitrogens with one attached hydrogen (secondary N) is 2. The Kier molecular flexibility index (Phi) is 3.49. The number of nitrogens with two attached hydrogens (primary N) is 1. The van der Waals surface area contributed by atoms with Crippen LogP contribution in [0.4, 0.5) is 0 Å². The third kappa shape index (κ3) is 2.46. The van der Waals surface area contributed by atoms with Crippen LogP contribution in [0.5, 0.6) is 0 Å². The molecule has 12 heavy (non-hydrogen) atoms. The minimum absolute atomic E-state index is 0.107. The van der Waals surface area contributed by atoms with E-state index in [9.17, 15) is 4.79 Å². The fraction of sp³-hybridized carbons (Fsp3) is 0.875. The molecule has 0 spiro atoms. The fourth-order valence-corrected chi connectivity index (χ4v) is 1.41. The van der Waals surface area contributed by atoms with Crippen LogP contribution in [0.2, 0.25) is 0 Å². The summed E-state index contributed by atoms with van der Waals surface area (Å²) in [6.45, 7) is 0. The van der Waals surface area contributed by atoms with Crippen molar-refractivity contribution < 1.29 is 4.79 Å². The largest absolute Gasteiger partial charge is 0.320 e. The standard InChI is InChI=1S/C8H17N3O/c1-10-11-8(12)7(9)5-6-3-2-4-6/h6-7,10H,2-5,9H2,1H3,(H,11,12). The number of rotatable bonds is 4. The molecule has 4 heteroatoms. The molecule has 1 unspecified atom stereocenters. The molecule has 0 aliphatic heterocycles. The van der Waals surface area contributed by atoms with Crippen LogP contribution in [-0.4, -0.2) is 19.0 Å². The van der Waals surface area contributed by atoms with E-state index in [-0.39, 0.29) is 11.9 Å². The van der Waals surface area contributed by atoms with Crippen LogP contribution in [0.15, 0.2) is 0 Å². The molecule has 4 N–H and O–H groups in total. The second kappa shape index (κ2) is 4.42. The number of hydrogen-bond acceptors (Lipinski definition) is 3. The normalized spacial score (nSPS) is 19.8. The number of carbonyl (C=O) groups is 1. The van der Waals surface area contributed by atoms with Gasteiger partial charge in [0.1, 0.15) is 0 Å². The molecule has 1 rings (SSSR count). The minimum atomic E-state index is -0.345. The van der Waals surface area contributed by atoms with Gasteiger partial charge >= 0.3 is 0 Å². The Bertz CT molecular complexity index is 156. The summed E-state index contributed by atoms with van der Waals surface area (Å²) in [5.74, 6) is 0.576. The predicted molar refractivity (Wildman–Crippen MR) is 47.1 cm³/mol. The van der Waals surface area contributed by atoms with Crippen molar-refractivity contribution in [2.24, 2.45) is 11.7 Å². The maximum Gasteiger partial charge on any atom is 0.250 e. The van der Waals surface area contributed by atoms with Gasteiger partial charge in [-0.05, 0) is 12.3 Å². The molecule has 0 aromatic heterocycles. The van der Waals surface area contributed by atoms with Gasteiger partial charge in [-0.2, -0.15) is 0 Å². The van der Waals surface area contributed by atoms with Gasteiger partial charge in [0.15, 0.2) is 0 Å². The van der Waals surface area contributed by atoms with Crippen LogP contribution >= 0.6 is 0 Å². The summed E-state index contributed by atoms with van der Waals surface area (Å²) in [7, 11) is 1.66. The third-order valence-corrected chi connectivity index (χ3v) is 2.40. The fourth-order valence-electron chi connectivity index (χ4n) is 1.41. The Labute approximate surface area is 72.9 Å². The van der Waals surface area contributed by atoms with Crippen molar-refractivity contribution >= 4 is 5.91 Å². The van der Waals surface area contributed by atoms with E-state index >= 15 is 0 Å². The SMILES string of the molecule is CNNC(=O)C(N)CC1CCC1. The lowest BCUT2D eigenvalue weighted by molar-refractivity contribution is -0.123. The van der Waals surface area contributed by atoms with Crippen molar-refractivity contribution in [3.05, 3.63) is 0 Å². The molecular weight excluding hydrogens is 154 g/mol. The summed E-state index contributed by atoms with van der Waals surface area (Å²) in [6, 6.07) is -0.345. The van der Waals surface area contributed by atoms with Crippen LogP contribution in [0.25, 0.3) is 0 Å². The molecule has 1 saturated carbocycles. The Morgan fingerprint density at radius 1 is 1.67 bits per heavy atom.